The van der Waals surface area contributed by atoms with Crippen molar-refractivity contribution in [1.82, 2.24) is 0 Å². The molecule has 0 aliphatic heterocycles. The number of allylic oxidation sites excluding steroid dienone is 1. The first kappa shape index (κ1) is 12.6. The lowest BCUT2D eigenvalue weighted by Gasteiger charge is -2.00. The van der Waals surface area contributed by atoms with Crippen molar-refractivity contribution in [2.45, 2.75) is 11.3 Å². The number of thioether (sulfide) groups is 1. The summed E-state index contributed by atoms with van der Waals surface area (Å²) < 4.78 is 36.7. The fraction of sp³-hybridized carbons (Fsp3) is 0.200. The van der Waals surface area contributed by atoms with Gasteiger partial charge in [-0.1, -0.05) is 15.9 Å². The van der Waals surface area contributed by atoms with E-state index in [4.69, 9.17) is 0 Å². The third-order valence-electron chi connectivity index (χ3n) is 1.61. The molecule has 15 heavy (non-hydrogen) atoms. The molecule has 0 atom stereocenters. The van der Waals surface area contributed by atoms with E-state index < -0.39 is 11.9 Å². The Hall–Kier alpha value is -0.420. The van der Waals surface area contributed by atoms with Gasteiger partial charge in [-0.05, 0) is 24.3 Å². The largest absolute Gasteiger partial charge is 0.301 e. The van der Waals surface area contributed by atoms with E-state index in [1.807, 2.05) is 24.3 Å². The van der Waals surface area contributed by atoms with Crippen LogP contribution in [0, 0.1) is 0 Å². The number of benzene rings is 1. The van der Waals surface area contributed by atoms with Gasteiger partial charge in [0, 0.05) is 21.5 Å². The first-order chi connectivity index (χ1) is 7.09. The number of hydrogen-bond donors (Lipinski definition) is 0. The van der Waals surface area contributed by atoms with Crippen molar-refractivity contribution in [2.75, 3.05) is 5.75 Å². The van der Waals surface area contributed by atoms with Gasteiger partial charge in [0.25, 0.3) is 0 Å². The van der Waals surface area contributed by atoms with Crippen LogP contribution in [0.25, 0.3) is 0 Å². The molecule has 0 bridgehead atoms. The van der Waals surface area contributed by atoms with Crippen molar-refractivity contribution >= 4 is 27.7 Å². The lowest BCUT2D eigenvalue weighted by molar-refractivity contribution is 0.373. The minimum absolute atomic E-state index is 0.233. The van der Waals surface area contributed by atoms with Crippen LogP contribution >= 0.6 is 27.7 Å². The first-order valence-electron chi connectivity index (χ1n) is 4.17. The van der Waals surface area contributed by atoms with Gasteiger partial charge in [0.2, 0.25) is 0 Å². The minimum Gasteiger partial charge on any atom is -0.206 e. The number of rotatable bonds is 4. The second-order valence-corrected chi connectivity index (χ2v) is 4.80. The Morgan fingerprint density at radius 1 is 1.13 bits per heavy atom. The average Bonchev–Trinajstić information content (AvgIpc) is 2.20. The van der Waals surface area contributed by atoms with Crippen LogP contribution in [0.15, 0.2) is 45.5 Å². The molecule has 1 aromatic carbocycles. The molecule has 1 aromatic rings. The van der Waals surface area contributed by atoms with Crippen molar-refractivity contribution in [1.29, 1.82) is 0 Å². The summed E-state index contributed by atoms with van der Waals surface area (Å²) in [5.74, 6) is -1.01. The van der Waals surface area contributed by atoms with Crippen molar-refractivity contribution < 1.29 is 13.2 Å². The van der Waals surface area contributed by atoms with Crippen molar-refractivity contribution in [3.63, 3.8) is 0 Å². The maximum atomic E-state index is 12.4. The maximum Gasteiger partial charge on any atom is 0.301 e. The van der Waals surface area contributed by atoms with Gasteiger partial charge < -0.3 is 0 Å². The van der Waals surface area contributed by atoms with Crippen molar-refractivity contribution in [3.05, 3.63) is 40.6 Å². The monoisotopic (exact) mass is 296 g/mol. The van der Waals surface area contributed by atoms with E-state index in [1.165, 1.54) is 11.8 Å². The second kappa shape index (κ2) is 6.23. The summed E-state index contributed by atoms with van der Waals surface area (Å²) in [5.41, 5.74) is 0. The summed E-state index contributed by atoms with van der Waals surface area (Å²) in [6.07, 6.45) is -2.45. The Morgan fingerprint density at radius 2 is 1.73 bits per heavy atom. The highest BCUT2D eigenvalue weighted by molar-refractivity contribution is 9.10. The topological polar surface area (TPSA) is 0 Å². The highest BCUT2D eigenvalue weighted by Gasteiger charge is 2.04. The van der Waals surface area contributed by atoms with Gasteiger partial charge in [0.1, 0.15) is 0 Å². The average molecular weight is 297 g/mol. The highest BCUT2D eigenvalue weighted by atomic mass is 79.9. The first-order valence-corrected chi connectivity index (χ1v) is 5.95. The third kappa shape index (κ3) is 4.75. The highest BCUT2D eigenvalue weighted by Crippen LogP contribution is 2.23. The molecule has 0 fully saturated rings. The summed E-state index contributed by atoms with van der Waals surface area (Å²) in [7, 11) is 0. The molecular weight excluding hydrogens is 289 g/mol. The Morgan fingerprint density at radius 3 is 2.27 bits per heavy atom. The summed E-state index contributed by atoms with van der Waals surface area (Å²) in [6, 6.07) is 7.40. The molecule has 0 amide bonds. The van der Waals surface area contributed by atoms with Gasteiger partial charge in [-0.25, -0.2) is 4.39 Å². The van der Waals surface area contributed by atoms with Crippen LogP contribution in [0.2, 0.25) is 0 Å². The van der Waals surface area contributed by atoms with E-state index in [1.54, 1.807) is 0 Å². The molecule has 0 N–H and O–H groups in total. The Kier molecular flexibility index (Phi) is 5.25. The van der Waals surface area contributed by atoms with Crippen LogP contribution < -0.4 is 0 Å². The molecule has 0 heterocycles. The fourth-order valence-electron chi connectivity index (χ4n) is 0.884. The zero-order valence-corrected chi connectivity index (χ0v) is 10.0. The summed E-state index contributed by atoms with van der Waals surface area (Å²) in [4.78, 5) is 0.935. The van der Waals surface area contributed by atoms with E-state index in [9.17, 15) is 13.2 Å². The van der Waals surface area contributed by atoms with Crippen LogP contribution in [-0.4, -0.2) is 5.75 Å². The van der Waals surface area contributed by atoms with Gasteiger partial charge in [-0.2, -0.15) is 8.78 Å². The summed E-state index contributed by atoms with van der Waals surface area (Å²) in [5, 5.41) is 0. The molecule has 1 rings (SSSR count). The maximum absolute atomic E-state index is 12.4. The standard InChI is InChI=1S/C10H8BrF3S/c11-7-1-3-8(4-2-7)15-6-5-9(12)10(13)14/h1-4H,5-6H2. The van der Waals surface area contributed by atoms with E-state index >= 15 is 0 Å². The van der Waals surface area contributed by atoms with E-state index in [2.05, 4.69) is 15.9 Å². The van der Waals surface area contributed by atoms with Gasteiger partial charge in [-0.15, -0.1) is 11.8 Å². The predicted octanol–water partition coefficient (Wildman–Crippen LogP) is 5.01. The smallest absolute Gasteiger partial charge is 0.206 e. The van der Waals surface area contributed by atoms with Crippen molar-refractivity contribution in [2.24, 2.45) is 0 Å². The van der Waals surface area contributed by atoms with Gasteiger partial charge >= 0.3 is 6.08 Å². The van der Waals surface area contributed by atoms with Gasteiger partial charge in [-0.3, -0.25) is 0 Å². The van der Waals surface area contributed by atoms with Crippen molar-refractivity contribution in [3.8, 4) is 0 Å². The molecule has 0 saturated heterocycles. The SMILES string of the molecule is FC(F)=C(F)CCSc1ccc(Br)cc1. The lowest BCUT2D eigenvalue weighted by Crippen LogP contribution is -1.82. The van der Waals surface area contributed by atoms with E-state index in [0.717, 1.165) is 9.37 Å². The normalized spacial score (nSPS) is 10.1. The third-order valence-corrected chi connectivity index (χ3v) is 3.15. The molecule has 82 valence electrons. The van der Waals surface area contributed by atoms with Crippen LogP contribution in [0.4, 0.5) is 13.2 Å². The molecule has 5 heteroatoms. The number of halogens is 4. The predicted molar refractivity (Wildman–Crippen MR) is 59.8 cm³/mol. The molecule has 0 saturated carbocycles. The summed E-state index contributed by atoms with van der Waals surface area (Å²) >= 11 is 4.63. The molecule has 0 aromatic heterocycles. The van der Waals surface area contributed by atoms with Crippen LogP contribution in [0.5, 0.6) is 0 Å². The van der Waals surface area contributed by atoms with Gasteiger partial charge in [0.15, 0.2) is 5.83 Å². The minimum atomic E-state index is -2.22. The van der Waals surface area contributed by atoms with Gasteiger partial charge in [0.05, 0.1) is 0 Å². The fourth-order valence-corrected chi connectivity index (χ4v) is 1.99. The molecule has 0 aliphatic carbocycles. The lowest BCUT2D eigenvalue weighted by atomic mass is 10.4. The number of hydrogen-bond acceptors (Lipinski definition) is 1. The zero-order chi connectivity index (χ0) is 11.3. The van der Waals surface area contributed by atoms with Crippen LogP contribution in [0.1, 0.15) is 6.42 Å². The van der Waals surface area contributed by atoms with Crippen LogP contribution in [-0.2, 0) is 0 Å². The Balaban J connectivity index is 2.38. The van der Waals surface area contributed by atoms with E-state index in [0.29, 0.717) is 5.75 Å². The summed E-state index contributed by atoms with van der Waals surface area (Å²) in [6.45, 7) is 0. The molecule has 0 nitrogen and oxygen atoms in total. The molecule has 0 aliphatic rings. The second-order valence-electron chi connectivity index (χ2n) is 2.72. The molecule has 0 radical (unpaired) electrons. The molecular formula is C10H8BrF3S. The zero-order valence-electron chi connectivity index (χ0n) is 7.64. The molecule has 0 unspecified atom stereocenters. The Labute approximate surface area is 98.7 Å². The quantitative estimate of drug-likeness (QED) is 0.704. The van der Waals surface area contributed by atoms with Crippen LogP contribution in [0.3, 0.4) is 0 Å². The van der Waals surface area contributed by atoms with E-state index in [-0.39, 0.29) is 6.42 Å². The molecule has 0 spiro atoms. The Bertz CT molecular complexity index is 344.